The van der Waals surface area contributed by atoms with E-state index in [9.17, 15) is 43.8 Å². The molecule has 0 unspecified atom stereocenters. The predicted octanol–water partition coefficient (Wildman–Crippen LogP) is -4.82. The molecule has 0 saturated heterocycles. The van der Waals surface area contributed by atoms with E-state index in [1.54, 1.807) is 0 Å². The van der Waals surface area contributed by atoms with Gasteiger partial charge in [-0.05, 0) is 37.5 Å². The number of hydrogen-bond donors (Lipinski definition) is 11. The lowest BCUT2D eigenvalue weighted by Crippen LogP contribution is -2.60. The van der Waals surface area contributed by atoms with E-state index in [-0.39, 0.29) is 43.8 Å². The minimum atomic E-state index is -1.69. The topological polar surface area (TPSA) is 345 Å². The Morgan fingerprint density at radius 1 is 0.870 bits per heavy atom. The molecular weight excluding hydrogens is 610 g/mol. The number of phenols is 1. The maximum Gasteiger partial charge on any atom is 0.305 e. The molecule has 46 heavy (non-hydrogen) atoms. The Kier molecular flexibility index (Phi) is 16.1. The second-order valence-electron chi connectivity index (χ2n) is 10.3. The van der Waals surface area contributed by atoms with Gasteiger partial charge in [0.25, 0.3) is 0 Å². The van der Waals surface area contributed by atoms with E-state index in [0.717, 1.165) is 6.92 Å². The first-order valence-electron chi connectivity index (χ1n) is 14.0. The van der Waals surface area contributed by atoms with Crippen molar-refractivity contribution in [1.29, 1.82) is 0 Å². The summed E-state index contributed by atoms with van der Waals surface area (Å²) in [6.45, 7) is 1.23. The SMILES string of the molecule is C[C@@H](O)[C@H](NC(=O)[C@H](Cc1ccc(O)cc1)NC(=O)[C@H](CCCN=C(N)N)NC(=O)[C@@H](N)CC(N)=O)C(=O)N[C@H](C=O)CC(=O)O. The molecule has 0 radical (unpaired) electrons. The van der Waals surface area contributed by atoms with Gasteiger partial charge in [0.1, 0.15) is 30.2 Å². The highest BCUT2D eigenvalue weighted by Gasteiger charge is 2.33. The van der Waals surface area contributed by atoms with Crippen LogP contribution in [0.5, 0.6) is 5.75 Å². The summed E-state index contributed by atoms with van der Waals surface area (Å²) in [6, 6.07) is -1.75. The van der Waals surface area contributed by atoms with Gasteiger partial charge < -0.3 is 64.3 Å². The molecule has 19 nitrogen and oxygen atoms in total. The normalized spacial score (nSPS) is 14.6. The summed E-state index contributed by atoms with van der Waals surface area (Å²) in [6.07, 6.45) is -2.72. The van der Waals surface area contributed by atoms with Crippen molar-refractivity contribution in [2.45, 2.75) is 75.3 Å². The number of phenolic OH excluding ortho intramolecular Hbond substituents is 1. The van der Waals surface area contributed by atoms with Crippen LogP contribution in [-0.4, -0.2) is 106 Å². The van der Waals surface area contributed by atoms with E-state index in [1.807, 2.05) is 0 Å². The highest BCUT2D eigenvalue weighted by molar-refractivity contribution is 5.96. The second-order valence-corrected chi connectivity index (χ2v) is 10.3. The van der Waals surface area contributed by atoms with Crippen LogP contribution in [0.2, 0.25) is 0 Å². The van der Waals surface area contributed by atoms with Gasteiger partial charge in [0.15, 0.2) is 5.96 Å². The first-order chi connectivity index (χ1) is 21.5. The number of aldehydes is 1. The van der Waals surface area contributed by atoms with Crippen molar-refractivity contribution < 1.29 is 48.9 Å². The molecular formula is C27H41N9O10. The number of carboxylic acid groups (broad SMARTS) is 1. The molecule has 0 fully saturated rings. The van der Waals surface area contributed by atoms with Crippen LogP contribution in [0.15, 0.2) is 29.3 Å². The number of benzene rings is 1. The predicted molar refractivity (Wildman–Crippen MR) is 161 cm³/mol. The number of nitrogens with two attached hydrogens (primary N) is 4. The lowest BCUT2D eigenvalue weighted by Gasteiger charge is -2.27. The summed E-state index contributed by atoms with van der Waals surface area (Å²) in [5.74, 6) is -6.38. The van der Waals surface area contributed by atoms with Gasteiger partial charge >= 0.3 is 5.97 Å². The monoisotopic (exact) mass is 651 g/mol. The van der Waals surface area contributed by atoms with Gasteiger partial charge in [0.2, 0.25) is 29.5 Å². The fourth-order valence-electron chi connectivity index (χ4n) is 3.96. The number of aromatic hydroxyl groups is 1. The van der Waals surface area contributed by atoms with E-state index < -0.39 is 84.7 Å². The number of aliphatic hydroxyl groups is 1. The standard InChI is InChI=1S/C27H41N9O10/c1-13(38)22(26(46)33-15(12-37)10-21(41)42)36-25(45)19(9-14-4-6-16(39)7-5-14)35-24(44)18(3-2-8-32-27(30)31)34-23(43)17(28)11-20(29)40/h4-7,12-13,15,17-19,22,38-39H,2-3,8-11,28H2,1H3,(H2,29,40)(H,33,46)(H,34,43)(H,35,44)(H,36,45)(H,41,42)(H4,30,31,32)/t13-,15+,17+,18+,19+,22+/m1/s1. The molecule has 6 atom stereocenters. The number of nitrogens with zero attached hydrogens (tertiary/aromatic N) is 1. The van der Waals surface area contributed by atoms with Crippen molar-refractivity contribution in [3.8, 4) is 5.75 Å². The zero-order valence-corrected chi connectivity index (χ0v) is 25.0. The Bertz CT molecular complexity index is 1270. The summed E-state index contributed by atoms with van der Waals surface area (Å²) >= 11 is 0. The first-order valence-corrected chi connectivity index (χ1v) is 14.0. The van der Waals surface area contributed by atoms with Crippen LogP contribution in [0.1, 0.15) is 38.2 Å². The third kappa shape index (κ3) is 14.4. The molecule has 1 aromatic rings. The quantitative estimate of drug-likeness (QED) is 0.0273. The van der Waals surface area contributed by atoms with Gasteiger partial charge in [-0.1, -0.05) is 12.1 Å². The van der Waals surface area contributed by atoms with Crippen LogP contribution < -0.4 is 44.2 Å². The smallest absolute Gasteiger partial charge is 0.305 e. The van der Waals surface area contributed by atoms with Gasteiger partial charge in [-0.25, -0.2) is 0 Å². The summed E-state index contributed by atoms with van der Waals surface area (Å²) in [5.41, 5.74) is 21.9. The molecule has 19 heteroatoms. The number of hydrogen-bond acceptors (Lipinski definition) is 11. The number of aliphatic imine (C=N–C) groups is 1. The Morgan fingerprint density at radius 3 is 1.98 bits per heavy atom. The average Bonchev–Trinajstić information content (AvgIpc) is 2.96. The molecule has 0 aliphatic rings. The van der Waals surface area contributed by atoms with Crippen LogP contribution in [0.25, 0.3) is 0 Å². The summed E-state index contributed by atoms with van der Waals surface area (Å²) < 4.78 is 0. The highest BCUT2D eigenvalue weighted by atomic mass is 16.4. The molecule has 5 amide bonds. The lowest BCUT2D eigenvalue weighted by molar-refractivity contribution is -0.139. The minimum absolute atomic E-state index is 0.0550. The fourth-order valence-corrected chi connectivity index (χ4v) is 3.96. The first kappa shape index (κ1) is 38.7. The van der Waals surface area contributed by atoms with E-state index in [1.165, 1.54) is 24.3 Å². The van der Waals surface area contributed by atoms with Gasteiger partial charge in [-0.3, -0.25) is 33.8 Å². The molecule has 1 rings (SSSR count). The molecule has 15 N–H and O–H groups in total. The molecule has 0 heterocycles. The minimum Gasteiger partial charge on any atom is -0.508 e. The van der Waals surface area contributed by atoms with E-state index >= 15 is 0 Å². The largest absolute Gasteiger partial charge is 0.508 e. The molecule has 1 aromatic carbocycles. The number of guanidine groups is 1. The third-order valence-electron chi connectivity index (χ3n) is 6.29. The molecule has 0 aromatic heterocycles. The van der Waals surface area contributed by atoms with Crippen molar-refractivity contribution in [3.63, 3.8) is 0 Å². The van der Waals surface area contributed by atoms with Gasteiger partial charge in [-0.15, -0.1) is 0 Å². The Morgan fingerprint density at radius 2 is 1.46 bits per heavy atom. The van der Waals surface area contributed by atoms with E-state index in [2.05, 4.69) is 26.3 Å². The van der Waals surface area contributed by atoms with Crippen LogP contribution in [0, 0.1) is 0 Å². The third-order valence-corrected chi connectivity index (χ3v) is 6.29. The van der Waals surface area contributed by atoms with Crippen LogP contribution in [0.4, 0.5) is 0 Å². The van der Waals surface area contributed by atoms with E-state index in [4.69, 9.17) is 28.0 Å². The fraction of sp³-hybridized carbons (Fsp3) is 0.481. The molecule has 0 bridgehead atoms. The van der Waals surface area contributed by atoms with Crippen molar-refractivity contribution in [2.75, 3.05) is 6.54 Å². The van der Waals surface area contributed by atoms with Crippen LogP contribution in [-0.2, 0) is 40.0 Å². The lowest BCUT2D eigenvalue weighted by atomic mass is 10.0. The molecule has 0 spiro atoms. The van der Waals surface area contributed by atoms with Crippen molar-refractivity contribution in [2.24, 2.45) is 27.9 Å². The summed E-state index contributed by atoms with van der Waals surface area (Å²) in [7, 11) is 0. The Labute approximate surface area is 263 Å². The maximum absolute atomic E-state index is 13.5. The van der Waals surface area contributed by atoms with E-state index in [0.29, 0.717) is 5.56 Å². The van der Waals surface area contributed by atoms with Crippen LogP contribution >= 0.6 is 0 Å². The number of nitrogens with one attached hydrogen (secondary N) is 4. The second kappa shape index (κ2) is 19.2. The van der Waals surface area contributed by atoms with Crippen LogP contribution in [0.3, 0.4) is 0 Å². The number of carbonyl (C=O) groups excluding carboxylic acids is 6. The molecule has 0 aliphatic carbocycles. The molecule has 0 aliphatic heterocycles. The highest BCUT2D eigenvalue weighted by Crippen LogP contribution is 2.12. The number of carbonyl (C=O) groups is 7. The number of aliphatic carboxylic acids is 1. The number of rotatable bonds is 20. The van der Waals surface area contributed by atoms with Crippen molar-refractivity contribution in [3.05, 3.63) is 29.8 Å². The number of carboxylic acids is 1. The molecule has 0 saturated carbocycles. The average molecular weight is 652 g/mol. The Balaban J connectivity index is 3.31. The zero-order chi connectivity index (χ0) is 35.0. The summed E-state index contributed by atoms with van der Waals surface area (Å²) in [5, 5.41) is 38.1. The van der Waals surface area contributed by atoms with Gasteiger partial charge in [0.05, 0.1) is 31.0 Å². The van der Waals surface area contributed by atoms with Gasteiger partial charge in [-0.2, -0.15) is 0 Å². The van der Waals surface area contributed by atoms with Gasteiger partial charge in [0, 0.05) is 13.0 Å². The van der Waals surface area contributed by atoms with Crippen molar-refractivity contribution >= 4 is 47.8 Å². The zero-order valence-electron chi connectivity index (χ0n) is 25.0. The van der Waals surface area contributed by atoms with Crippen molar-refractivity contribution in [1.82, 2.24) is 21.3 Å². The number of aliphatic hydroxyl groups excluding tert-OH is 1. The summed E-state index contributed by atoms with van der Waals surface area (Å²) in [4.78, 5) is 89.6. The Hall–Kier alpha value is -5.30. The number of amides is 5. The number of primary amides is 1. The maximum atomic E-state index is 13.5. The molecule has 254 valence electrons.